The van der Waals surface area contributed by atoms with Gasteiger partial charge in [0.2, 0.25) is 0 Å². The maximum atomic E-state index is 10.3. The summed E-state index contributed by atoms with van der Waals surface area (Å²) in [5, 5.41) is 0. The molecule has 4 nitrogen and oxygen atoms in total. The van der Waals surface area contributed by atoms with Gasteiger partial charge in [0.15, 0.2) is 0 Å². The van der Waals surface area contributed by atoms with Gasteiger partial charge in [-0.2, -0.15) is 0 Å². The van der Waals surface area contributed by atoms with E-state index in [2.05, 4.69) is 4.74 Å². The smallest absolute Gasteiger partial charge is 0.409 e. The number of nitrogen functional groups attached to an aromatic ring is 1. The Labute approximate surface area is 70.1 Å². The summed E-state index contributed by atoms with van der Waals surface area (Å²) in [6, 6.07) is 4.95. The summed E-state index contributed by atoms with van der Waals surface area (Å²) in [6.45, 7) is 1.86. The molecule has 0 aromatic heterocycles. The lowest BCUT2D eigenvalue weighted by atomic mass is 10.2. The second-order valence-corrected chi connectivity index (χ2v) is 2.44. The van der Waals surface area contributed by atoms with Gasteiger partial charge < -0.3 is 16.2 Å². The summed E-state index contributed by atoms with van der Waals surface area (Å²) in [5.41, 5.74) is 11.9. The van der Waals surface area contributed by atoms with Crippen LogP contribution >= 0.6 is 0 Å². The normalized spacial score (nSPS) is 9.42. The lowest BCUT2D eigenvalue weighted by Crippen LogP contribution is -2.16. The summed E-state index contributed by atoms with van der Waals surface area (Å²) in [7, 11) is 0. The first-order valence-corrected chi connectivity index (χ1v) is 3.43. The summed E-state index contributed by atoms with van der Waals surface area (Å²) >= 11 is 0. The molecule has 0 radical (unpaired) electrons. The van der Waals surface area contributed by atoms with Crippen LogP contribution in [-0.2, 0) is 0 Å². The number of nitrogens with two attached hydrogens (primary N) is 2. The SMILES string of the molecule is Cc1ccc(OC(N)=O)cc1N. The Morgan fingerprint density at radius 3 is 2.67 bits per heavy atom. The molecular formula is C8H10N2O2. The minimum atomic E-state index is -0.835. The summed E-state index contributed by atoms with van der Waals surface area (Å²) in [4.78, 5) is 10.3. The first-order chi connectivity index (χ1) is 5.59. The lowest BCUT2D eigenvalue weighted by Gasteiger charge is -2.03. The van der Waals surface area contributed by atoms with Gasteiger partial charge in [-0.3, -0.25) is 0 Å². The third-order valence-corrected chi connectivity index (χ3v) is 1.47. The van der Waals surface area contributed by atoms with Crippen LogP contribution in [0.3, 0.4) is 0 Å². The van der Waals surface area contributed by atoms with Crippen LogP contribution in [0.25, 0.3) is 0 Å². The van der Waals surface area contributed by atoms with E-state index in [1.165, 1.54) is 0 Å². The Bertz CT molecular complexity index is 310. The van der Waals surface area contributed by atoms with E-state index in [1.54, 1.807) is 18.2 Å². The largest absolute Gasteiger partial charge is 0.410 e. The first-order valence-electron chi connectivity index (χ1n) is 3.43. The van der Waals surface area contributed by atoms with Gasteiger partial charge in [0.05, 0.1) is 0 Å². The number of amides is 1. The highest BCUT2D eigenvalue weighted by atomic mass is 16.5. The standard InChI is InChI=1S/C8H10N2O2/c1-5-2-3-6(4-7(5)9)12-8(10)11/h2-4H,9H2,1H3,(H2,10,11). The molecule has 1 amide bonds. The van der Waals surface area contributed by atoms with Crippen molar-refractivity contribution < 1.29 is 9.53 Å². The van der Waals surface area contributed by atoms with Crippen LogP contribution in [0.1, 0.15) is 5.56 Å². The van der Waals surface area contributed by atoms with E-state index < -0.39 is 6.09 Å². The average molecular weight is 166 g/mol. The van der Waals surface area contributed by atoms with Crippen LogP contribution < -0.4 is 16.2 Å². The highest BCUT2D eigenvalue weighted by Gasteiger charge is 1.99. The Balaban J connectivity index is 2.89. The summed E-state index contributed by atoms with van der Waals surface area (Å²) < 4.78 is 4.61. The molecule has 0 unspecified atom stereocenters. The molecule has 0 aliphatic rings. The highest BCUT2D eigenvalue weighted by molar-refractivity contribution is 5.68. The third kappa shape index (κ3) is 1.88. The predicted molar refractivity (Wildman–Crippen MR) is 45.8 cm³/mol. The maximum absolute atomic E-state index is 10.3. The van der Waals surface area contributed by atoms with Gasteiger partial charge in [-0.05, 0) is 18.6 Å². The summed E-state index contributed by atoms with van der Waals surface area (Å²) in [6.07, 6.45) is -0.835. The zero-order chi connectivity index (χ0) is 9.14. The van der Waals surface area contributed by atoms with Gasteiger partial charge in [0, 0.05) is 11.8 Å². The number of ether oxygens (including phenoxy) is 1. The van der Waals surface area contributed by atoms with Gasteiger partial charge in [0.1, 0.15) is 5.75 Å². The van der Waals surface area contributed by atoms with E-state index in [-0.39, 0.29) is 0 Å². The van der Waals surface area contributed by atoms with Gasteiger partial charge in [0.25, 0.3) is 0 Å². The molecule has 0 heterocycles. The van der Waals surface area contributed by atoms with E-state index in [9.17, 15) is 4.79 Å². The van der Waals surface area contributed by atoms with Gasteiger partial charge in [-0.15, -0.1) is 0 Å². The molecule has 0 saturated carbocycles. The van der Waals surface area contributed by atoms with Crippen molar-refractivity contribution in [2.75, 3.05) is 5.73 Å². The quantitative estimate of drug-likeness (QED) is 0.611. The third-order valence-electron chi connectivity index (χ3n) is 1.47. The Kier molecular flexibility index (Phi) is 2.19. The Hall–Kier alpha value is -1.71. The van der Waals surface area contributed by atoms with Crippen molar-refractivity contribution in [2.45, 2.75) is 6.92 Å². The Morgan fingerprint density at radius 2 is 2.17 bits per heavy atom. The minimum absolute atomic E-state index is 0.366. The molecule has 0 spiro atoms. The number of hydrogen-bond donors (Lipinski definition) is 2. The van der Waals surface area contributed by atoms with Crippen molar-refractivity contribution in [3.63, 3.8) is 0 Å². The molecule has 1 aromatic rings. The zero-order valence-electron chi connectivity index (χ0n) is 6.70. The van der Waals surface area contributed by atoms with Gasteiger partial charge in [-0.1, -0.05) is 6.07 Å². The number of primary amides is 1. The van der Waals surface area contributed by atoms with E-state index in [4.69, 9.17) is 11.5 Å². The molecule has 0 aliphatic carbocycles. The average Bonchev–Trinajstić information content (AvgIpc) is 1.96. The van der Waals surface area contributed by atoms with Crippen LogP contribution in [0.4, 0.5) is 10.5 Å². The van der Waals surface area contributed by atoms with Crippen LogP contribution in [0.5, 0.6) is 5.75 Å². The molecule has 12 heavy (non-hydrogen) atoms. The number of carbonyl (C=O) groups excluding carboxylic acids is 1. The molecule has 64 valence electrons. The van der Waals surface area contributed by atoms with Crippen LogP contribution in [0.15, 0.2) is 18.2 Å². The molecular weight excluding hydrogens is 156 g/mol. The molecule has 0 bridgehead atoms. The van der Waals surface area contributed by atoms with Crippen molar-refractivity contribution in [3.05, 3.63) is 23.8 Å². The van der Waals surface area contributed by atoms with Crippen LogP contribution in [0, 0.1) is 6.92 Å². The number of rotatable bonds is 1. The molecule has 0 saturated heterocycles. The molecule has 1 rings (SSSR count). The van der Waals surface area contributed by atoms with E-state index in [0.717, 1.165) is 5.56 Å². The topological polar surface area (TPSA) is 78.3 Å². The van der Waals surface area contributed by atoms with Gasteiger partial charge >= 0.3 is 6.09 Å². The zero-order valence-corrected chi connectivity index (χ0v) is 6.70. The maximum Gasteiger partial charge on any atom is 0.409 e. The number of aryl methyl sites for hydroxylation is 1. The lowest BCUT2D eigenvalue weighted by molar-refractivity contribution is 0.211. The van der Waals surface area contributed by atoms with Crippen LogP contribution in [0.2, 0.25) is 0 Å². The second-order valence-electron chi connectivity index (χ2n) is 2.44. The fraction of sp³-hybridized carbons (Fsp3) is 0.125. The molecule has 0 atom stereocenters. The Morgan fingerprint density at radius 1 is 1.50 bits per heavy atom. The van der Waals surface area contributed by atoms with Crippen molar-refractivity contribution in [1.82, 2.24) is 0 Å². The fourth-order valence-electron chi connectivity index (χ4n) is 0.798. The monoisotopic (exact) mass is 166 g/mol. The molecule has 0 fully saturated rings. The fourth-order valence-corrected chi connectivity index (χ4v) is 0.798. The minimum Gasteiger partial charge on any atom is -0.410 e. The summed E-state index contributed by atoms with van der Waals surface area (Å²) in [5.74, 6) is 0.366. The second kappa shape index (κ2) is 3.13. The first kappa shape index (κ1) is 8.39. The van der Waals surface area contributed by atoms with E-state index in [0.29, 0.717) is 11.4 Å². The highest BCUT2D eigenvalue weighted by Crippen LogP contribution is 2.18. The van der Waals surface area contributed by atoms with E-state index >= 15 is 0 Å². The molecule has 0 aliphatic heterocycles. The molecule has 4 heteroatoms. The number of carbonyl (C=O) groups is 1. The van der Waals surface area contributed by atoms with Crippen molar-refractivity contribution >= 4 is 11.8 Å². The number of hydrogen-bond acceptors (Lipinski definition) is 3. The molecule has 1 aromatic carbocycles. The van der Waals surface area contributed by atoms with Crippen molar-refractivity contribution in [2.24, 2.45) is 5.73 Å². The van der Waals surface area contributed by atoms with Crippen molar-refractivity contribution in [3.8, 4) is 5.75 Å². The van der Waals surface area contributed by atoms with Crippen molar-refractivity contribution in [1.29, 1.82) is 0 Å². The van der Waals surface area contributed by atoms with E-state index in [1.807, 2.05) is 6.92 Å². The molecule has 4 N–H and O–H groups in total. The predicted octanol–water partition coefficient (Wildman–Crippen LogP) is 1.03. The number of anilines is 1. The number of benzene rings is 1. The van der Waals surface area contributed by atoms with Crippen LogP contribution in [-0.4, -0.2) is 6.09 Å². The van der Waals surface area contributed by atoms with Gasteiger partial charge in [-0.25, -0.2) is 4.79 Å².